The van der Waals surface area contributed by atoms with Crippen LogP contribution in [0.25, 0.3) is 0 Å². The monoisotopic (exact) mass is 248 g/mol. The first-order valence-corrected chi connectivity index (χ1v) is 12.6. The molecule has 0 N–H and O–H groups in total. The van der Waals surface area contributed by atoms with Crippen molar-refractivity contribution in [1.29, 1.82) is 0 Å². The zero-order chi connectivity index (χ0) is 12.1. The Kier molecular flexibility index (Phi) is 5.58. The van der Waals surface area contributed by atoms with Gasteiger partial charge in [-0.05, 0) is 6.92 Å². The van der Waals surface area contributed by atoms with Crippen LogP contribution in [-0.4, -0.2) is 35.1 Å². The van der Waals surface area contributed by atoms with Crippen LogP contribution in [0.1, 0.15) is 6.92 Å². The second-order valence-electron chi connectivity index (χ2n) is 5.87. The number of ether oxygens (including phenoxy) is 2. The predicted octanol–water partition coefficient (Wildman–Crippen LogP) is 3.28. The van der Waals surface area contributed by atoms with Gasteiger partial charge in [0.05, 0.1) is 20.9 Å². The molecule has 15 heavy (non-hydrogen) atoms. The van der Waals surface area contributed by atoms with Crippen molar-refractivity contribution >= 4 is 22.3 Å². The second-order valence-corrected chi connectivity index (χ2v) is 17.0. The van der Waals surface area contributed by atoms with E-state index >= 15 is 0 Å². The maximum absolute atomic E-state index is 11.0. The molecule has 5 heteroatoms. The number of carbonyl (C=O) groups excluding carboxylic acids is 1. The Balaban J connectivity index is 3.99. The van der Waals surface area contributed by atoms with E-state index < -0.39 is 22.3 Å². The zero-order valence-corrected chi connectivity index (χ0v) is 12.8. The maximum atomic E-state index is 11.0. The lowest BCUT2D eigenvalue weighted by atomic mass is 10.9. The molecule has 0 aromatic heterocycles. The third-order valence-corrected chi connectivity index (χ3v) is 10.8. The SMILES string of the molecule is CCOC(=O)OC[Si](C)(C)C[Si](C)(C)C. The van der Waals surface area contributed by atoms with Gasteiger partial charge in [-0.2, -0.15) is 0 Å². The van der Waals surface area contributed by atoms with Gasteiger partial charge in [0.1, 0.15) is 0 Å². The van der Waals surface area contributed by atoms with Gasteiger partial charge < -0.3 is 9.47 Å². The van der Waals surface area contributed by atoms with E-state index in [2.05, 4.69) is 32.7 Å². The highest BCUT2D eigenvalue weighted by atomic mass is 28.4. The van der Waals surface area contributed by atoms with Crippen LogP contribution in [0.2, 0.25) is 38.4 Å². The third-order valence-electron chi connectivity index (χ3n) is 1.85. The third kappa shape index (κ3) is 8.68. The first-order valence-electron chi connectivity index (χ1n) is 5.46. The molecule has 0 saturated carbocycles. The van der Waals surface area contributed by atoms with Crippen LogP contribution >= 0.6 is 0 Å². The lowest BCUT2D eigenvalue weighted by molar-refractivity contribution is 0.0702. The number of hydrogen-bond acceptors (Lipinski definition) is 3. The van der Waals surface area contributed by atoms with Crippen LogP contribution in [0.4, 0.5) is 4.79 Å². The Morgan fingerprint density at radius 3 is 2.00 bits per heavy atom. The largest absolute Gasteiger partial charge is 0.507 e. The molecule has 90 valence electrons. The molecule has 0 fully saturated rings. The zero-order valence-electron chi connectivity index (χ0n) is 10.8. The molecule has 0 aromatic rings. The highest BCUT2D eigenvalue weighted by Gasteiger charge is 2.30. The quantitative estimate of drug-likeness (QED) is 0.553. The van der Waals surface area contributed by atoms with Crippen molar-refractivity contribution in [2.45, 2.75) is 45.3 Å². The van der Waals surface area contributed by atoms with E-state index in [0.717, 1.165) is 0 Å². The van der Waals surface area contributed by atoms with Crippen LogP contribution in [0.5, 0.6) is 0 Å². The molecule has 3 nitrogen and oxygen atoms in total. The van der Waals surface area contributed by atoms with Gasteiger partial charge in [0.15, 0.2) is 0 Å². The summed E-state index contributed by atoms with van der Waals surface area (Å²) >= 11 is 0. The van der Waals surface area contributed by atoms with Crippen LogP contribution in [0, 0.1) is 0 Å². The van der Waals surface area contributed by atoms with E-state index in [1.807, 2.05) is 0 Å². The maximum Gasteiger partial charge on any atom is 0.507 e. The average molecular weight is 248 g/mol. The Hall–Kier alpha value is -0.296. The number of hydrogen-bond donors (Lipinski definition) is 0. The summed E-state index contributed by atoms with van der Waals surface area (Å²) in [5.74, 6) is 0. The molecule has 0 aliphatic carbocycles. The summed E-state index contributed by atoms with van der Waals surface area (Å²) in [5.41, 5.74) is 1.28. The molecule has 0 heterocycles. The van der Waals surface area contributed by atoms with Crippen molar-refractivity contribution in [3.8, 4) is 0 Å². The van der Waals surface area contributed by atoms with Gasteiger partial charge in [0.2, 0.25) is 0 Å². The molecule has 0 amide bonds. The summed E-state index contributed by atoms with van der Waals surface area (Å²) in [4.78, 5) is 11.0. The molecule has 0 bridgehead atoms. The van der Waals surface area contributed by atoms with Gasteiger partial charge in [0.25, 0.3) is 0 Å². The van der Waals surface area contributed by atoms with Gasteiger partial charge in [-0.15, -0.1) is 0 Å². The molecule has 0 rings (SSSR count). The van der Waals surface area contributed by atoms with Gasteiger partial charge >= 0.3 is 6.16 Å². The van der Waals surface area contributed by atoms with Gasteiger partial charge in [-0.25, -0.2) is 4.79 Å². The van der Waals surface area contributed by atoms with E-state index in [4.69, 9.17) is 9.47 Å². The lowest BCUT2D eigenvalue weighted by Crippen LogP contribution is -2.42. The number of rotatable bonds is 5. The molecule has 0 aliphatic rings. The van der Waals surface area contributed by atoms with Crippen LogP contribution in [0.3, 0.4) is 0 Å². The lowest BCUT2D eigenvalue weighted by Gasteiger charge is -2.28. The topological polar surface area (TPSA) is 35.5 Å². The minimum atomic E-state index is -1.39. The molecule has 0 spiro atoms. The molecule has 0 atom stereocenters. The summed E-state index contributed by atoms with van der Waals surface area (Å²) in [5, 5.41) is 0. The highest BCUT2D eigenvalue weighted by Crippen LogP contribution is 2.19. The Bertz CT molecular complexity index is 209. The molecule has 0 radical (unpaired) electrons. The minimum absolute atomic E-state index is 0.384. The van der Waals surface area contributed by atoms with E-state index in [1.54, 1.807) is 6.92 Å². The fourth-order valence-corrected chi connectivity index (χ4v) is 14.3. The fourth-order valence-electron chi connectivity index (χ4n) is 1.90. The van der Waals surface area contributed by atoms with Crippen LogP contribution in [0.15, 0.2) is 0 Å². The van der Waals surface area contributed by atoms with Gasteiger partial charge in [0, 0.05) is 8.07 Å². The normalized spacial score (nSPS) is 12.4. The smallest absolute Gasteiger partial charge is 0.438 e. The van der Waals surface area contributed by atoms with Crippen molar-refractivity contribution in [1.82, 2.24) is 0 Å². The highest BCUT2D eigenvalue weighted by molar-refractivity contribution is 6.94. The molecule has 0 aliphatic heterocycles. The first kappa shape index (κ1) is 14.7. The van der Waals surface area contributed by atoms with Crippen molar-refractivity contribution in [3.05, 3.63) is 0 Å². The van der Waals surface area contributed by atoms with Gasteiger partial charge in [-0.3, -0.25) is 0 Å². The van der Waals surface area contributed by atoms with Crippen molar-refractivity contribution in [3.63, 3.8) is 0 Å². The Labute approximate surface area is 95.2 Å². The van der Waals surface area contributed by atoms with E-state index in [0.29, 0.717) is 12.8 Å². The number of carbonyl (C=O) groups is 1. The fraction of sp³-hybridized carbons (Fsp3) is 0.900. The van der Waals surface area contributed by atoms with Crippen molar-refractivity contribution in [2.24, 2.45) is 0 Å². The summed E-state index contributed by atoms with van der Waals surface area (Å²) in [6.45, 7) is 13.8. The molecular weight excluding hydrogens is 224 g/mol. The van der Waals surface area contributed by atoms with E-state index in [1.165, 1.54) is 5.67 Å². The van der Waals surface area contributed by atoms with Crippen LogP contribution < -0.4 is 0 Å². The molecule has 0 aromatic carbocycles. The van der Waals surface area contributed by atoms with Crippen LogP contribution in [-0.2, 0) is 9.47 Å². The predicted molar refractivity (Wildman–Crippen MR) is 68.6 cm³/mol. The van der Waals surface area contributed by atoms with Crippen molar-refractivity contribution in [2.75, 3.05) is 12.8 Å². The Morgan fingerprint density at radius 1 is 1.07 bits per heavy atom. The van der Waals surface area contributed by atoms with Crippen molar-refractivity contribution < 1.29 is 14.3 Å². The minimum Gasteiger partial charge on any atom is -0.438 e. The second kappa shape index (κ2) is 5.70. The first-order chi connectivity index (χ1) is 6.66. The summed E-state index contributed by atoms with van der Waals surface area (Å²) < 4.78 is 9.86. The van der Waals surface area contributed by atoms with E-state index in [-0.39, 0.29) is 0 Å². The summed E-state index contributed by atoms with van der Waals surface area (Å²) in [6, 6.07) is 0. The standard InChI is InChI=1S/C10H24O3Si2/c1-7-12-10(11)13-8-15(5,6)9-14(2,3)4/h7-9H2,1-6H3. The Morgan fingerprint density at radius 2 is 1.60 bits per heavy atom. The molecular formula is C10H24O3Si2. The molecule has 0 unspecified atom stereocenters. The summed E-state index contributed by atoms with van der Waals surface area (Å²) in [7, 11) is -2.45. The van der Waals surface area contributed by atoms with Gasteiger partial charge in [-0.1, -0.05) is 38.4 Å². The summed E-state index contributed by atoms with van der Waals surface area (Å²) in [6.07, 6.45) is 0.0597. The molecule has 0 saturated heterocycles. The average Bonchev–Trinajstić information content (AvgIpc) is 1.97. The van der Waals surface area contributed by atoms with E-state index in [9.17, 15) is 4.79 Å².